The van der Waals surface area contributed by atoms with E-state index in [1.165, 1.54) is 5.56 Å². The fraction of sp³-hybridized carbons (Fsp3) is 0.625. The van der Waals surface area contributed by atoms with Crippen molar-refractivity contribution in [1.29, 1.82) is 0 Å². The van der Waals surface area contributed by atoms with Crippen LogP contribution < -0.4 is 5.73 Å². The van der Waals surface area contributed by atoms with Crippen LogP contribution in [0.1, 0.15) is 25.8 Å². The first-order chi connectivity index (χ1) is 9.55. The van der Waals surface area contributed by atoms with Crippen molar-refractivity contribution in [3.05, 3.63) is 35.9 Å². The Balaban J connectivity index is 1.53. The van der Waals surface area contributed by atoms with Crippen molar-refractivity contribution in [3.63, 3.8) is 0 Å². The number of rotatable bonds is 4. The Kier molecular flexibility index (Phi) is 3.82. The monoisotopic (exact) mass is 277 g/mol. The molecule has 0 unspecified atom stereocenters. The molecular weight excluding hydrogens is 254 g/mol. The number of nitrogens with two attached hydrogens (primary N) is 1. The number of hydrogen-bond donors (Lipinski definition) is 1. The second kappa shape index (κ2) is 5.45. The lowest BCUT2D eigenvalue weighted by Crippen LogP contribution is -2.35. The van der Waals surface area contributed by atoms with Crippen LogP contribution >= 0.6 is 0 Å². The van der Waals surface area contributed by atoms with Crippen LogP contribution in [0.2, 0.25) is 0 Å². The summed E-state index contributed by atoms with van der Waals surface area (Å²) in [7, 11) is 0. The lowest BCUT2D eigenvalue weighted by atomic mass is 10.1. The van der Waals surface area contributed by atoms with Gasteiger partial charge in [0.05, 0.1) is 19.3 Å². The summed E-state index contributed by atoms with van der Waals surface area (Å²) >= 11 is 0. The first-order valence-corrected chi connectivity index (χ1v) is 7.28. The predicted octanol–water partition coefficient (Wildman–Crippen LogP) is 2.07. The Morgan fingerprint density at radius 2 is 1.90 bits per heavy atom. The maximum atomic E-state index is 6.15. The van der Waals surface area contributed by atoms with Crippen LogP contribution in [0.3, 0.4) is 0 Å². The van der Waals surface area contributed by atoms with Gasteiger partial charge in [-0.15, -0.1) is 0 Å². The van der Waals surface area contributed by atoms with Gasteiger partial charge in [-0.1, -0.05) is 30.3 Å². The van der Waals surface area contributed by atoms with Gasteiger partial charge in [-0.25, -0.2) is 0 Å². The quantitative estimate of drug-likeness (QED) is 0.915. The van der Waals surface area contributed by atoms with Crippen LogP contribution in [0.5, 0.6) is 0 Å². The molecule has 2 aliphatic rings. The molecule has 0 bridgehead atoms. The van der Waals surface area contributed by atoms with E-state index in [-0.39, 0.29) is 18.2 Å². The number of hydrogen-bond acceptors (Lipinski definition) is 4. The smallest absolute Gasteiger partial charge is 0.163 e. The number of ether oxygens (including phenoxy) is 3. The van der Waals surface area contributed by atoms with Crippen LogP contribution in [0.4, 0.5) is 0 Å². The molecule has 1 saturated carbocycles. The van der Waals surface area contributed by atoms with Gasteiger partial charge in [-0.3, -0.25) is 0 Å². The molecule has 3 rings (SSSR count). The lowest BCUT2D eigenvalue weighted by Gasteiger charge is -2.22. The Hall–Kier alpha value is -0.940. The predicted molar refractivity (Wildman–Crippen MR) is 76.0 cm³/mol. The van der Waals surface area contributed by atoms with E-state index in [0.29, 0.717) is 19.1 Å². The summed E-state index contributed by atoms with van der Waals surface area (Å²) in [5.41, 5.74) is 7.34. The molecule has 4 atom stereocenters. The molecule has 0 radical (unpaired) electrons. The van der Waals surface area contributed by atoms with Gasteiger partial charge in [0.1, 0.15) is 6.10 Å². The molecule has 4 nitrogen and oxygen atoms in total. The summed E-state index contributed by atoms with van der Waals surface area (Å²) < 4.78 is 17.7. The molecule has 0 spiro atoms. The molecule has 0 aromatic heterocycles. The van der Waals surface area contributed by atoms with E-state index in [1.54, 1.807) is 0 Å². The summed E-state index contributed by atoms with van der Waals surface area (Å²) in [4.78, 5) is 0. The molecule has 20 heavy (non-hydrogen) atoms. The van der Waals surface area contributed by atoms with Crippen LogP contribution in [0.15, 0.2) is 30.3 Å². The van der Waals surface area contributed by atoms with Gasteiger partial charge in [0.15, 0.2) is 5.79 Å². The zero-order valence-corrected chi connectivity index (χ0v) is 12.1. The second-order valence-corrected chi connectivity index (χ2v) is 6.23. The Morgan fingerprint density at radius 3 is 2.65 bits per heavy atom. The van der Waals surface area contributed by atoms with Crippen molar-refractivity contribution < 1.29 is 14.2 Å². The standard InChI is InChI=1S/C16H23NO3/c1-16(2)19-14-12(8-13(17)15(14)20-16)10-18-9-11-6-4-3-5-7-11/h3-7,12-15H,8-10,17H2,1-2H3/t12-,13-,14-,15+/m1/s1. The highest BCUT2D eigenvalue weighted by Gasteiger charge is 2.52. The van der Waals surface area contributed by atoms with Crippen molar-refractivity contribution in [2.24, 2.45) is 11.7 Å². The van der Waals surface area contributed by atoms with E-state index in [9.17, 15) is 0 Å². The molecule has 4 heteroatoms. The van der Waals surface area contributed by atoms with E-state index in [1.807, 2.05) is 32.0 Å². The van der Waals surface area contributed by atoms with E-state index < -0.39 is 5.79 Å². The molecule has 0 amide bonds. The van der Waals surface area contributed by atoms with Crippen LogP contribution in [-0.2, 0) is 20.8 Å². The second-order valence-electron chi connectivity index (χ2n) is 6.23. The first-order valence-electron chi connectivity index (χ1n) is 7.28. The summed E-state index contributed by atoms with van der Waals surface area (Å²) in [6, 6.07) is 10.2. The molecule has 2 fully saturated rings. The Bertz CT molecular complexity index is 448. The first kappa shape index (κ1) is 14.0. The van der Waals surface area contributed by atoms with E-state index >= 15 is 0 Å². The molecule has 1 heterocycles. The van der Waals surface area contributed by atoms with Gasteiger partial charge in [-0.05, 0) is 25.8 Å². The third kappa shape index (κ3) is 2.88. The molecule has 1 aromatic rings. The van der Waals surface area contributed by atoms with Crippen molar-refractivity contribution in [2.75, 3.05) is 6.61 Å². The summed E-state index contributed by atoms with van der Waals surface area (Å²) in [6.45, 7) is 5.19. The van der Waals surface area contributed by atoms with E-state index in [0.717, 1.165) is 6.42 Å². The van der Waals surface area contributed by atoms with Gasteiger partial charge in [0.2, 0.25) is 0 Å². The molecule has 1 aliphatic carbocycles. The highest BCUT2D eigenvalue weighted by molar-refractivity contribution is 5.13. The normalized spacial score (nSPS) is 35.1. The number of benzene rings is 1. The minimum absolute atomic E-state index is 0.00956. The van der Waals surface area contributed by atoms with Gasteiger partial charge in [0, 0.05) is 12.0 Å². The minimum atomic E-state index is -0.523. The molecule has 110 valence electrons. The van der Waals surface area contributed by atoms with Gasteiger partial charge in [-0.2, -0.15) is 0 Å². The number of fused-ring (bicyclic) bond motifs is 1. The largest absolute Gasteiger partial charge is 0.376 e. The average Bonchev–Trinajstić information content (AvgIpc) is 2.87. The fourth-order valence-corrected chi connectivity index (χ4v) is 3.20. The SMILES string of the molecule is CC1(C)O[C@@H]2[C@@H](COCc3ccccc3)C[C@@H](N)[C@@H]2O1. The average molecular weight is 277 g/mol. The zero-order valence-electron chi connectivity index (χ0n) is 12.1. The summed E-state index contributed by atoms with van der Waals surface area (Å²) in [5, 5.41) is 0. The minimum Gasteiger partial charge on any atom is -0.376 e. The van der Waals surface area contributed by atoms with Gasteiger partial charge in [0.25, 0.3) is 0 Å². The highest BCUT2D eigenvalue weighted by atomic mass is 16.8. The Labute approximate surface area is 120 Å². The summed E-state index contributed by atoms with van der Waals surface area (Å²) in [5.74, 6) is -0.203. The van der Waals surface area contributed by atoms with E-state index in [2.05, 4.69) is 12.1 Å². The lowest BCUT2D eigenvalue weighted by molar-refractivity contribution is -0.160. The van der Waals surface area contributed by atoms with Crippen LogP contribution in [0, 0.1) is 5.92 Å². The van der Waals surface area contributed by atoms with Crippen molar-refractivity contribution in [3.8, 4) is 0 Å². The molecular formula is C16H23NO3. The zero-order chi connectivity index (χ0) is 14.2. The van der Waals surface area contributed by atoms with Crippen LogP contribution in [0.25, 0.3) is 0 Å². The maximum Gasteiger partial charge on any atom is 0.163 e. The topological polar surface area (TPSA) is 53.7 Å². The highest BCUT2D eigenvalue weighted by Crippen LogP contribution is 2.41. The van der Waals surface area contributed by atoms with Crippen molar-refractivity contribution in [1.82, 2.24) is 0 Å². The molecule has 1 aliphatic heterocycles. The Morgan fingerprint density at radius 1 is 1.20 bits per heavy atom. The molecule has 2 N–H and O–H groups in total. The van der Waals surface area contributed by atoms with E-state index in [4.69, 9.17) is 19.9 Å². The van der Waals surface area contributed by atoms with Gasteiger partial charge < -0.3 is 19.9 Å². The molecule has 1 aromatic carbocycles. The van der Waals surface area contributed by atoms with Crippen molar-refractivity contribution >= 4 is 0 Å². The third-order valence-electron chi connectivity index (χ3n) is 4.07. The van der Waals surface area contributed by atoms with Gasteiger partial charge >= 0.3 is 0 Å². The fourth-order valence-electron chi connectivity index (χ4n) is 3.20. The maximum absolute atomic E-state index is 6.15. The van der Waals surface area contributed by atoms with Crippen LogP contribution in [-0.4, -0.2) is 30.6 Å². The molecule has 1 saturated heterocycles. The van der Waals surface area contributed by atoms with Crippen molar-refractivity contribution in [2.45, 2.75) is 50.9 Å². The summed E-state index contributed by atoms with van der Waals surface area (Å²) in [6.07, 6.45) is 0.978. The third-order valence-corrected chi connectivity index (χ3v) is 4.07.